The molecule has 39 heavy (non-hydrogen) atoms. The molecular formula is C29H38ClN3O5S. The Morgan fingerprint density at radius 2 is 1.56 bits per heavy atom. The number of amides is 1. The standard InChI is InChI=1S/C29H38ClN3O5S/c30-22-6-8-25(9-7-22)38-26-18-28(29(34)32-16-14-23(31)15-17-32)33(19-26)39(35,36)27-12-10-24(11-13-27)37-20-21-4-2-1-3-5-21/h6-13,21,23,26,28H,1-5,14-20,31H2/t26-,28-/m0/s1. The molecule has 2 aromatic carbocycles. The van der Waals surface area contributed by atoms with Gasteiger partial charge in [-0.25, -0.2) is 8.42 Å². The minimum atomic E-state index is -3.96. The van der Waals surface area contributed by atoms with E-state index in [1.54, 1.807) is 53.4 Å². The molecular weight excluding hydrogens is 538 g/mol. The van der Waals surface area contributed by atoms with Gasteiger partial charge in [-0.2, -0.15) is 4.31 Å². The average molecular weight is 576 g/mol. The number of halogens is 1. The van der Waals surface area contributed by atoms with Gasteiger partial charge in [-0.1, -0.05) is 30.9 Å². The lowest BCUT2D eigenvalue weighted by molar-refractivity contribution is -0.135. The second kappa shape index (κ2) is 12.5. The number of nitrogens with two attached hydrogens (primary N) is 1. The van der Waals surface area contributed by atoms with Crippen molar-refractivity contribution in [3.05, 3.63) is 53.6 Å². The summed E-state index contributed by atoms with van der Waals surface area (Å²) in [5, 5.41) is 0.584. The van der Waals surface area contributed by atoms with Crippen LogP contribution in [0.1, 0.15) is 51.4 Å². The molecule has 2 heterocycles. The van der Waals surface area contributed by atoms with Gasteiger partial charge in [-0.15, -0.1) is 0 Å². The number of benzene rings is 2. The van der Waals surface area contributed by atoms with Crippen LogP contribution in [-0.4, -0.2) is 68.0 Å². The fraction of sp³-hybridized carbons (Fsp3) is 0.552. The van der Waals surface area contributed by atoms with Crippen molar-refractivity contribution in [2.24, 2.45) is 11.7 Å². The van der Waals surface area contributed by atoms with E-state index < -0.39 is 22.2 Å². The van der Waals surface area contributed by atoms with Crippen LogP contribution >= 0.6 is 11.6 Å². The van der Waals surface area contributed by atoms with E-state index >= 15 is 0 Å². The second-order valence-electron chi connectivity index (χ2n) is 11.0. The summed E-state index contributed by atoms with van der Waals surface area (Å²) in [5.74, 6) is 1.60. The molecule has 0 bridgehead atoms. The van der Waals surface area contributed by atoms with Gasteiger partial charge in [0.25, 0.3) is 0 Å². The van der Waals surface area contributed by atoms with Crippen molar-refractivity contribution >= 4 is 27.5 Å². The van der Waals surface area contributed by atoms with Crippen LogP contribution in [-0.2, 0) is 14.8 Å². The number of nitrogens with zero attached hydrogens (tertiary/aromatic N) is 2. The van der Waals surface area contributed by atoms with Crippen molar-refractivity contribution in [1.29, 1.82) is 0 Å². The maximum absolute atomic E-state index is 13.9. The fourth-order valence-electron chi connectivity index (χ4n) is 5.79. The summed E-state index contributed by atoms with van der Waals surface area (Å²) in [6.45, 7) is 1.78. The normalized spacial score (nSPS) is 23.6. The minimum Gasteiger partial charge on any atom is -0.493 e. The summed E-state index contributed by atoms with van der Waals surface area (Å²) in [7, 11) is -3.96. The third-order valence-electron chi connectivity index (χ3n) is 8.11. The zero-order valence-corrected chi connectivity index (χ0v) is 23.8. The van der Waals surface area contributed by atoms with Crippen molar-refractivity contribution in [1.82, 2.24) is 9.21 Å². The third-order valence-corrected chi connectivity index (χ3v) is 10.3. The van der Waals surface area contributed by atoms with Gasteiger partial charge in [0.2, 0.25) is 15.9 Å². The van der Waals surface area contributed by atoms with E-state index in [1.165, 1.54) is 36.4 Å². The van der Waals surface area contributed by atoms with Crippen LogP contribution in [0.4, 0.5) is 0 Å². The van der Waals surface area contributed by atoms with Crippen LogP contribution in [0.25, 0.3) is 0 Å². The van der Waals surface area contributed by atoms with Gasteiger partial charge in [0.15, 0.2) is 0 Å². The van der Waals surface area contributed by atoms with Crippen LogP contribution < -0.4 is 15.2 Å². The summed E-state index contributed by atoms with van der Waals surface area (Å²) in [6, 6.07) is 12.7. The molecule has 2 atom stereocenters. The minimum absolute atomic E-state index is 0.0669. The average Bonchev–Trinajstić information content (AvgIpc) is 3.39. The van der Waals surface area contributed by atoms with Crippen LogP contribution in [0.3, 0.4) is 0 Å². The monoisotopic (exact) mass is 575 g/mol. The first-order valence-electron chi connectivity index (χ1n) is 14.0. The highest BCUT2D eigenvalue weighted by atomic mass is 35.5. The predicted octanol–water partition coefficient (Wildman–Crippen LogP) is 4.46. The van der Waals surface area contributed by atoms with Gasteiger partial charge in [-0.3, -0.25) is 4.79 Å². The number of carbonyl (C=O) groups excluding carboxylic acids is 1. The Morgan fingerprint density at radius 1 is 0.923 bits per heavy atom. The largest absolute Gasteiger partial charge is 0.493 e. The van der Waals surface area contributed by atoms with Crippen molar-refractivity contribution in [2.45, 2.75) is 74.4 Å². The van der Waals surface area contributed by atoms with Crippen molar-refractivity contribution in [3.63, 3.8) is 0 Å². The van der Waals surface area contributed by atoms with Gasteiger partial charge in [-0.05, 0) is 80.1 Å². The van der Waals surface area contributed by atoms with E-state index in [9.17, 15) is 13.2 Å². The van der Waals surface area contributed by atoms with Crippen LogP contribution in [0.2, 0.25) is 5.02 Å². The summed E-state index contributed by atoms with van der Waals surface area (Å²) in [6.07, 6.45) is 7.35. The highest BCUT2D eigenvalue weighted by Crippen LogP contribution is 2.32. The number of carbonyl (C=O) groups is 1. The lowest BCUT2D eigenvalue weighted by atomic mass is 9.90. The molecule has 0 spiro atoms. The highest BCUT2D eigenvalue weighted by Gasteiger charge is 2.46. The van der Waals surface area contributed by atoms with Gasteiger partial charge < -0.3 is 20.1 Å². The van der Waals surface area contributed by atoms with Crippen molar-refractivity contribution in [3.8, 4) is 11.5 Å². The predicted molar refractivity (Wildman–Crippen MR) is 150 cm³/mol. The first kappa shape index (κ1) is 28.2. The van der Waals surface area contributed by atoms with Crippen LogP contribution in [0.5, 0.6) is 11.5 Å². The molecule has 2 saturated heterocycles. The SMILES string of the molecule is NC1CCN(C(=O)[C@@H]2C[C@H](Oc3ccc(Cl)cc3)CN2S(=O)(=O)c2ccc(OCC3CCCCC3)cc2)CC1. The van der Waals surface area contributed by atoms with E-state index in [1.807, 2.05) is 0 Å². The van der Waals surface area contributed by atoms with E-state index in [0.717, 1.165) is 0 Å². The molecule has 2 aromatic rings. The molecule has 8 nitrogen and oxygen atoms in total. The van der Waals surface area contributed by atoms with Crippen molar-refractivity contribution < 1.29 is 22.7 Å². The van der Waals surface area contributed by atoms with Crippen LogP contribution in [0.15, 0.2) is 53.4 Å². The lowest BCUT2D eigenvalue weighted by Gasteiger charge is -2.34. The fourth-order valence-corrected chi connectivity index (χ4v) is 7.54. The summed E-state index contributed by atoms with van der Waals surface area (Å²) in [4.78, 5) is 15.5. The van der Waals surface area contributed by atoms with Crippen LogP contribution in [0, 0.1) is 5.92 Å². The third kappa shape index (κ3) is 6.88. The molecule has 1 saturated carbocycles. The maximum atomic E-state index is 13.9. The molecule has 1 amide bonds. The maximum Gasteiger partial charge on any atom is 0.243 e. The Hall–Kier alpha value is -2.33. The number of sulfonamides is 1. The van der Waals surface area contributed by atoms with Gasteiger partial charge in [0.1, 0.15) is 23.6 Å². The summed E-state index contributed by atoms with van der Waals surface area (Å²) in [5.41, 5.74) is 6.03. The molecule has 3 aliphatic rings. The molecule has 10 heteroatoms. The smallest absolute Gasteiger partial charge is 0.243 e. The Labute approximate surface area is 236 Å². The van der Waals surface area contributed by atoms with Gasteiger partial charge in [0.05, 0.1) is 18.0 Å². The molecule has 5 rings (SSSR count). The molecule has 212 valence electrons. The number of hydrogen-bond acceptors (Lipinski definition) is 6. The van der Waals surface area contributed by atoms with E-state index in [2.05, 4.69) is 0 Å². The Morgan fingerprint density at radius 3 is 2.23 bits per heavy atom. The number of hydrogen-bond donors (Lipinski definition) is 1. The molecule has 1 aliphatic carbocycles. The van der Waals surface area contributed by atoms with Crippen molar-refractivity contribution in [2.75, 3.05) is 26.2 Å². The lowest BCUT2D eigenvalue weighted by Crippen LogP contribution is -2.51. The molecule has 0 unspecified atom stereocenters. The molecule has 3 fully saturated rings. The Kier molecular flexibility index (Phi) is 9.01. The van der Waals surface area contributed by atoms with E-state index in [-0.39, 0.29) is 29.8 Å². The zero-order valence-electron chi connectivity index (χ0n) is 22.2. The molecule has 2 aliphatic heterocycles. The van der Waals surface area contributed by atoms with Gasteiger partial charge in [0, 0.05) is 30.6 Å². The first-order valence-corrected chi connectivity index (χ1v) is 15.8. The number of piperidine rings is 1. The molecule has 2 N–H and O–H groups in total. The number of rotatable bonds is 8. The zero-order chi connectivity index (χ0) is 27.4. The highest BCUT2D eigenvalue weighted by molar-refractivity contribution is 7.89. The topological polar surface area (TPSA) is 102 Å². The summed E-state index contributed by atoms with van der Waals surface area (Å²) < 4.78 is 41.1. The molecule has 0 radical (unpaired) electrons. The number of likely N-dealkylation sites (tertiary alicyclic amines) is 1. The quantitative estimate of drug-likeness (QED) is 0.499. The Bertz CT molecular complexity index is 1210. The summed E-state index contributed by atoms with van der Waals surface area (Å²) >= 11 is 6.00. The van der Waals surface area contributed by atoms with E-state index in [0.29, 0.717) is 55.0 Å². The second-order valence-corrected chi connectivity index (χ2v) is 13.3. The van der Waals surface area contributed by atoms with Gasteiger partial charge >= 0.3 is 0 Å². The van der Waals surface area contributed by atoms with E-state index in [4.69, 9.17) is 26.8 Å². The number of ether oxygens (including phenoxy) is 2. The first-order chi connectivity index (χ1) is 18.8. The Balaban J connectivity index is 1.32. The molecule has 0 aromatic heterocycles.